The van der Waals surface area contributed by atoms with Crippen LogP contribution < -0.4 is 0 Å². The van der Waals surface area contributed by atoms with Gasteiger partial charge in [-0.25, -0.2) is 0 Å². The summed E-state index contributed by atoms with van der Waals surface area (Å²) in [5.74, 6) is 0.125. The molecule has 0 spiro atoms. The Balaban J connectivity index is 2.24. The summed E-state index contributed by atoms with van der Waals surface area (Å²) in [6.45, 7) is 3.67. The Morgan fingerprint density at radius 1 is 1.10 bits per heavy atom. The van der Waals surface area contributed by atoms with Crippen molar-refractivity contribution in [2.24, 2.45) is 0 Å². The fourth-order valence-electron chi connectivity index (χ4n) is 2.31. The maximum atomic E-state index is 12.0. The van der Waals surface area contributed by atoms with E-state index in [1.807, 2.05) is 24.4 Å². The molecule has 0 aliphatic carbocycles. The van der Waals surface area contributed by atoms with Gasteiger partial charge < -0.3 is 0 Å². The standard InChI is InChI=1S/C16H13NOS2/c1-10-14(11(2)18)16(13-5-8-19-9-13)20-15(10)12-3-6-17-7-4-12/h3-9H,1-2H3. The van der Waals surface area contributed by atoms with E-state index in [9.17, 15) is 4.79 Å². The van der Waals surface area contributed by atoms with Crippen LogP contribution in [0.3, 0.4) is 0 Å². The minimum absolute atomic E-state index is 0.125. The lowest BCUT2D eigenvalue weighted by molar-refractivity contribution is 0.101. The summed E-state index contributed by atoms with van der Waals surface area (Å²) in [5, 5.41) is 4.13. The zero-order chi connectivity index (χ0) is 14.1. The summed E-state index contributed by atoms with van der Waals surface area (Å²) < 4.78 is 0. The van der Waals surface area contributed by atoms with Crippen molar-refractivity contribution in [2.45, 2.75) is 13.8 Å². The second-order valence-corrected chi connectivity index (χ2v) is 6.37. The van der Waals surface area contributed by atoms with E-state index < -0.39 is 0 Å². The molecule has 20 heavy (non-hydrogen) atoms. The van der Waals surface area contributed by atoms with E-state index in [2.05, 4.69) is 16.4 Å². The van der Waals surface area contributed by atoms with Crippen LogP contribution >= 0.6 is 22.7 Å². The largest absolute Gasteiger partial charge is 0.294 e. The highest BCUT2D eigenvalue weighted by atomic mass is 32.1. The van der Waals surface area contributed by atoms with Crippen LogP contribution in [0, 0.1) is 6.92 Å². The fourth-order valence-corrected chi connectivity index (χ4v) is 4.39. The molecule has 0 aliphatic rings. The summed E-state index contributed by atoms with van der Waals surface area (Å²) in [6.07, 6.45) is 3.57. The summed E-state index contributed by atoms with van der Waals surface area (Å²) in [6, 6.07) is 6.04. The molecular formula is C16H13NOS2. The van der Waals surface area contributed by atoms with E-state index >= 15 is 0 Å². The van der Waals surface area contributed by atoms with Crippen molar-refractivity contribution >= 4 is 28.5 Å². The number of Topliss-reactive ketones (excluding diaryl/α,β-unsaturated/α-hetero) is 1. The molecule has 3 aromatic rings. The Bertz CT molecular complexity index is 742. The molecule has 0 unspecified atom stereocenters. The number of carbonyl (C=O) groups excluding carboxylic acids is 1. The molecule has 4 heteroatoms. The van der Waals surface area contributed by atoms with E-state index in [-0.39, 0.29) is 5.78 Å². The van der Waals surface area contributed by atoms with Crippen molar-refractivity contribution in [3.8, 4) is 20.9 Å². The number of rotatable bonds is 3. The van der Waals surface area contributed by atoms with Gasteiger partial charge in [0, 0.05) is 33.3 Å². The zero-order valence-corrected chi connectivity index (χ0v) is 12.8. The highest BCUT2D eigenvalue weighted by Crippen LogP contribution is 2.42. The monoisotopic (exact) mass is 299 g/mol. The Morgan fingerprint density at radius 2 is 1.85 bits per heavy atom. The first-order chi connectivity index (χ1) is 9.68. The van der Waals surface area contributed by atoms with Crippen LogP contribution in [0.2, 0.25) is 0 Å². The Kier molecular flexibility index (Phi) is 3.51. The molecule has 0 radical (unpaired) electrons. The number of thiophene rings is 2. The molecular weight excluding hydrogens is 286 g/mol. The quantitative estimate of drug-likeness (QED) is 0.633. The van der Waals surface area contributed by atoms with Gasteiger partial charge in [-0.05, 0) is 53.9 Å². The van der Waals surface area contributed by atoms with Gasteiger partial charge in [-0.15, -0.1) is 11.3 Å². The lowest BCUT2D eigenvalue weighted by atomic mass is 10.0. The van der Waals surface area contributed by atoms with Crippen molar-refractivity contribution < 1.29 is 4.79 Å². The highest BCUT2D eigenvalue weighted by Gasteiger charge is 2.20. The molecule has 3 heterocycles. The average Bonchev–Trinajstić information content (AvgIpc) is 3.06. The number of ketones is 1. The maximum absolute atomic E-state index is 12.0. The Morgan fingerprint density at radius 3 is 2.45 bits per heavy atom. The van der Waals surface area contributed by atoms with Crippen molar-refractivity contribution in [2.75, 3.05) is 0 Å². The number of hydrogen-bond acceptors (Lipinski definition) is 4. The molecule has 0 amide bonds. The zero-order valence-electron chi connectivity index (χ0n) is 11.2. The van der Waals surface area contributed by atoms with E-state index in [0.29, 0.717) is 0 Å². The summed E-state index contributed by atoms with van der Waals surface area (Å²) in [7, 11) is 0. The first kappa shape index (κ1) is 13.2. The van der Waals surface area contributed by atoms with Gasteiger partial charge in [-0.3, -0.25) is 9.78 Å². The molecule has 2 nitrogen and oxygen atoms in total. The number of aromatic nitrogens is 1. The van der Waals surface area contributed by atoms with Gasteiger partial charge in [0.05, 0.1) is 0 Å². The van der Waals surface area contributed by atoms with Crippen LogP contribution in [-0.4, -0.2) is 10.8 Å². The molecule has 0 saturated heterocycles. The molecule has 0 N–H and O–H groups in total. The van der Waals surface area contributed by atoms with Crippen molar-refractivity contribution in [1.29, 1.82) is 0 Å². The van der Waals surface area contributed by atoms with E-state index in [4.69, 9.17) is 0 Å². The van der Waals surface area contributed by atoms with Crippen LogP contribution in [0.4, 0.5) is 0 Å². The van der Waals surface area contributed by atoms with Gasteiger partial charge in [0.1, 0.15) is 0 Å². The molecule has 0 fully saturated rings. The van der Waals surface area contributed by atoms with Crippen LogP contribution in [0.5, 0.6) is 0 Å². The van der Waals surface area contributed by atoms with Crippen LogP contribution in [0.25, 0.3) is 20.9 Å². The van der Waals surface area contributed by atoms with Gasteiger partial charge in [0.25, 0.3) is 0 Å². The van der Waals surface area contributed by atoms with E-state index in [0.717, 1.165) is 32.0 Å². The van der Waals surface area contributed by atoms with Gasteiger partial charge in [0.15, 0.2) is 5.78 Å². The molecule has 100 valence electrons. The predicted molar refractivity (Wildman–Crippen MR) is 85.6 cm³/mol. The molecule has 0 aliphatic heterocycles. The van der Waals surface area contributed by atoms with Gasteiger partial charge >= 0.3 is 0 Å². The average molecular weight is 299 g/mol. The summed E-state index contributed by atoms with van der Waals surface area (Å²) in [4.78, 5) is 18.3. The second-order valence-electron chi connectivity index (χ2n) is 4.56. The number of pyridine rings is 1. The fraction of sp³-hybridized carbons (Fsp3) is 0.125. The summed E-state index contributed by atoms with van der Waals surface area (Å²) >= 11 is 3.33. The first-order valence-electron chi connectivity index (χ1n) is 6.25. The van der Waals surface area contributed by atoms with E-state index in [1.165, 1.54) is 0 Å². The lowest BCUT2D eigenvalue weighted by Crippen LogP contribution is -1.94. The third-order valence-electron chi connectivity index (χ3n) is 3.22. The predicted octanol–water partition coefficient (Wildman–Crippen LogP) is 5.05. The molecule has 3 aromatic heterocycles. The van der Waals surface area contributed by atoms with Crippen LogP contribution in [0.1, 0.15) is 22.8 Å². The minimum atomic E-state index is 0.125. The van der Waals surface area contributed by atoms with Crippen molar-refractivity contribution in [3.05, 3.63) is 52.5 Å². The summed E-state index contributed by atoms with van der Waals surface area (Å²) in [5.41, 5.74) is 4.16. The third-order valence-corrected chi connectivity index (χ3v) is 5.30. The van der Waals surface area contributed by atoms with Crippen LogP contribution in [-0.2, 0) is 0 Å². The topological polar surface area (TPSA) is 30.0 Å². The normalized spacial score (nSPS) is 10.7. The third kappa shape index (κ3) is 2.21. The Hall–Kier alpha value is -1.78. The van der Waals surface area contributed by atoms with E-state index in [1.54, 1.807) is 42.0 Å². The smallest absolute Gasteiger partial charge is 0.161 e. The molecule has 0 atom stereocenters. The minimum Gasteiger partial charge on any atom is -0.294 e. The van der Waals surface area contributed by atoms with Crippen molar-refractivity contribution in [1.82, 2.24) is 4.98 Å². The maximum Gasteiger partial charge on any atom is 0.161 e. The van der Waals surface area contributed by atoms with Crippen LogP contribution in [0.15, 0.2) is 41.4 Å². The first-order valence-corrected chi connectivity index (χ1v) is 8.01. The molecule has 0 bridgehead atoms. The molecule has 0 saturated carbocycles. The second kappa shape index (κ2) is 5.31. The number of nitrogens with zero attached hydrogens (tertiary/aromatic N) is 1. The highest BCUT2D eigenvalue weighted by molar-refractivity contribution is 7.20. The SMILES string of the molecule is CC(=O)c1c(-c2ccsc2)sc(-c2ccncc2)c1C. The van der Waals surface area contributed by atoms with Crippen molar-refractivity contribution in [3.63, 3.8) is 0 Å². The Labute approximate surface area is 125 Å². The molecule has 0 aromatic carbocycles. The van der Waals surface area contributed by atoms with Gasteiger partial charge in [0.2, 0.25) is 0 Å². The van der Waals surface area contributed by atoms with Gasteiger partial charge in [-0.2, -0.15) is 11.3 Å². The van der Waals surface area contributed by atoms with Gasteiger partial charge in [-0.1, -0.05) is 0 Å². The lowest BCUT2D eigenvalue weighted by Gasteiger charge is -2.00. The number of hydrogen-bond donors (Lipinski definition) is 0. The number of carbonyl (C=O) groups is 1. The molecule has 3 rings (SSSR count).